The Labute approximate surface area is 205 Å². The van der Waals surface area contributed by atoms with Crippen molar-refractivity contribution in [2.24, 2.45) is 5.41 Å². The molecule has 0 saturated carbocycles. The van der Waals surface area contributed by atoms with Crippen LogP contribution in [0.4, 0.5) is 11.4 Å². The number of carbonyl (C=O) groups is 3. The largest absolute Gasteiger partial charge is 0.374 e. The Morgan fingerprint density at radius 1 is 1.00 bits per heavy atom. The van der Waals surface area contributed by atoms with Gasteiger partial charge in [-0.25, -0.2) is 0 Å². The van der Waals surface area contributed by atoms with E-state index in [2.05, 4.69) is 10.6 Å². The van der Waals surface area contributed by atoms with Crippen molar-refractivity contribution in [3.8, 4) is 0 Å². The number of anilines is 2. The number of rotatable bonds is 8. The van der Waals surface area contributed by atoms with Crippen molar-refractivity contribution in [3.05, 3.63) is 57.1 Å². The number of amides is 2. The van der Waals surface area contributed by atoms with E-state index < -0.39 is 11.3 Å². The van der Waals surface area contributed by atoms with Crippen LogP contribution in [0.25, 0.3) is 0 Å². The number of ketones is 1. The van der Waals surface area contributed by atoms with Crippen LogP contribution in [-0.4, -0.2) is 31.2 Å². The predicted octanol–water partition coefficient (Wildman–Crippen LogP) is 5.96. The van der Waals surface area contributed by atoms with Crippen molar-refractivity contribution >= 4 is 52.2 Å². The fourth-order valence-corrected chi connectivity index (χ4v) is 3.82. The summed E-state index contributed by atoms with van der Waals surface area (Å²) in [5.74, 6) is -0.605. The summed E-state index contributed by atoms with van der Waals surface area (Å²) in [6.07, 6.45) is 0.354. The van der Waals surface area contributed by atoms with E-state index in [1.54, 1.807) is 31.2 Å². The lowest BCUT2D eigenvalue weighted by atomic mass is 9.95. The average molecular weight is 492 g/mol. The average Bonchev–Trinajstić information content (AvgIpc) is 2.75. The Hall–Kier alpha value is -2.57. The fraction of sp³-hybridized carbons (Fsp3) is 0.400. The van der Waals surface area contributed by atoms with E-state index in [1.165, 1.54) is 0 Å². The summed E-state index contributed by atoms with van der Waals surface area (Å²) in [6.45, 7) is 10.2. The summed E-state index contributed by atoms with van der Waals surface area (Å²) in [5.41, 5.74) is 2.11. The fourth-order valence-electron chi connectivity index (χ4n) is 3.12. The maximum Gasteiger partial charge on any atom is 0.258 e. The van der Waals surface area contributed by atoms with Crippen LogP contribution in [0.15, 0.2) is 30.3 Å². The van der Waals surface area contributed by atoms with Gasteiger partial charge in [-0.15, -0.1) is 0 Å². The second kappa shape index (κ2) is 11.0. The molecule has 2 rings (SSSR count). The monoisotopic (exact) mass is 491 g/mol. The van der Waals surface area contributed by atoms with Crippen molar-refractivity contribution < 1.29 is 14.4 Å². The van der Waals surface area contributed by atoms with Crippen LogP contribution in [0.3, 0.4) is 0 Å². The smallest absolute Gasteiger partial charge is 0.258 e. The van der Waals surface area contributed by atoms with E-state index in [-0.39, 0.29) is 33.8 Å². The number of benzene rings is 2. The summed E-state index contributed by atoms with van der Waals surface area (Å²) in [6, 6.07) is 8.44. The third kappa shape index (κ3) is 6.71. The Kier molecular flexibility index (Phi) is 8.92. The molecule has 0 aliphatic carbocycles. The Morgan fingerprint density at radius 3 is 2.12 bits per heavy atom. The number of nitrogens with zero attached hydrogens (tertiary/aromatic N) is 1. The topological polar surface area (TPSA) is 78.5 Å². The lowest BCUT2D eigenvalue weighted by Gasteiger charge is -2.21. The number of halogens is 2. The second-order valence-corrected chi connectivity index (χ2v) is 9.66. The minimum atomic E-state index is -0.521. The Bertz CT molecular complexity index is 1040. The van der Waals surface area contributed by atoms with Gasteiger partial charge in [0.1, 0.15) is 0 Å². The number of hydrogen-bond donors (Lipinski definition) is 2. The second-order valence-electron chi connectivity index (χ2n) is 8.84. The first-order chi connectivity index (χ1) is 15.4. The molecule has 0 saturated heterocycles. The van der Waals surface area contributed by atoms with Gasteiger partial charge in [-0.05, 0) is 42.8 Å². The molecule has 0 atom stereocenters. The van der Waals surface area contributed by atoms with E-state index in [4.69, 9.17) is 23.2 Å². The first-order valence-corrected chi connectivity index (χ1v) is 11.6. The lowest BCUT2D eigenvalue weighted by molar-refractivity contribution is -0.128. The van der Waals surface area contributed by atoms with Crippen LogP contribution in [0.2, 0.25) is 10.0 Å². The zero-order valence-electron chi connectivity index (χ0n) is 19.9. The molecule has 8 heteroatoms. The minimum absolute atomic E-state index is 0.0147. The van der Waals surface area contributed by atoms with Crippen molar-refractivity contribution in [2.45, 2.75) is 47.6 Å². The Morgan fingerprint density at radius 2 is 1.61 bits per heavy atom. The van der Waals surface area contributed by atoms with Gasteiger partial charge in [0.25, 0.3) is 5.91 Å². The summed E-state index contributed by atoms with van der Waals surface area (Å²) in [4.78, 5) is 39.5. The molecule has 0 aliphatic heterocycles. The molecule has 0 fully saturated rings. The molecule has 0 aliphatic rings. The summed E-state index contributed by atoms with van der Waals surface area (Å²) in [5, 5.41) is 5.96. The van der Waals surface area contributed by atoms with E-state index in [1.807, 2.05) is 45.7 Å². The molecule has 33 heavy (non-hydrogen) atoms. The first kappa shape index (κ1) is 26.7. The highest BCUT2D eigenvalue weighted by atomic mass is 35.5. The Balaban J connectivity index is 2.26. The van der Waals surface area contributed by atoms with Crippen molar-refractivity contribution in [1.82, 2.24) is 5.32 Å². The quantitative estimate of drug-likeness (QED) is 0.446. The van der Waals surface area contributed by atoms with Crippen LogP contribution < -0.4 is 15.5 Å². The third-order valence-electron chi connectivity index (χ3n) is 5.22. The summed E-state index contributed by atoms with van der Waals surface area (Å²) in [7, 11) is 1.91. The zero-order chi connectivity index (χ0) is 24.9. The molecular formula is C25H31Cl2N3O3. The molecule has 0 spiro atoms. The summed E-state index contributed by atoms with van der Waals surface area (Å²) < 4.78 is 0. The van der Waals surface area contributed by atoms with Crippen LogP contribution in [0, 0.1) is 5.41 Å². The normalized spacial score (nSPS) is 11.2. The van der Waals surface area contributed by atoms with Crippen LogP contribution >= 0.6 is 23.2 Å². The van der Waals surface area contributed by atoms with Crippen LogP contribution in [-0.2, 0) is 11.3 Å². The lowest BCUT2D eigenvalue weighted by Crippen LogP contribution is -2.34. The number of nitrogens with one attached hydrogen (secondary N) is 2. The SMILES string of the molecule is CCC(=O)c1cc(NC(=O)c2c(Cl)cc(CNC(=O)C(C)(C)C)cc2Cl)ccc1N(C)CC. The molecule has 2 amide bonds. The van der Waals surface area contributed by atoms with Gasteiger partial charge in [-0.1, -0.05) is 50.9 Å². The van der Waals surface area contributed by atoms with Crippen molar-refractivity contribution in [3.63, 3.8) is 0 Å². The zero-order valence-corrected chi connectivity index (χ0v) is 21.4. The summed E-state index contributed by atoms with van der Waals surface area (Å²) >= 11 is 12.7. The number of hydrogen-bond acceptors (Lipinski definition) is 4. The molecular weight excluding hydrogens is 461 g/mol. The molecule has 2 N–H and O–H groups in total. The van der Waals surface area contributed by atoms with Gasteiger partial charge in [-0.3, -0.25) is 14.4 Å². The maximum atomic E-state index is 12.9. The number of carbonyl (C=O) groups excluding carboxylic acids is 3. The van der Waals surface area contributed by atoms with Gasteiger partial charge in [0.15, 0.2) is 5.78 Å². The highest BCUT2D eigenvalue weighted by molar-refractivity contribution is 6.40. The van der Waals surface area contributed by atoms with Gasteiger partial charge in [0.2, 0.25) is 5.91 Å². The number of Topliss-reactive ketones (excluding diaryl/α,β-unsaturated/α-hetero) is 1. The standard InChI is InChI=1S/C25H31Cl2N3O3/c1-7-21(31)17-13-16(9-10-20(17)30(6)8-2)29-23(32)22-18(26)11-15(12-19(22)27)14-28-24(33)25(3,4)5/h9-13H,7-8,14H2,1-6H3,(H,28,33)(H,29,32). The molecule has 2 aromatic carbocycles. The molecule has 0 unspecified atom stereocenters. The van der Waals surface area contributed by atoms with Gasteiger partial charge < -0.3 is 15.5 Å². The molecule has 0 heterocycles. The van der Waals surface area contributed by atoms with Crippen molar-refractivity contribution in [2.75, 3.05) is 23.8 Å². The van der Waals surface area contributed by atoms with Crippen LogP contribution in [0.5, 0.6) is 0 Å². The van der Waals surface area contributed by atoms with Gasteiger partial charge in [0.05, 0.1) is 15.6 Å². The molecule has 178 valence electrons. The van der Waals surface area contributed by atoms with E-state index in [0.29, 0.717) is 23.2 Å². The molecule has 0 bridgehead atoms. The van der Waals surface area contributed by atoms with E-state index in [0.717, 1.165) is 12.2 Å². The first-order valence-electron chi connectivity index (χ1n) is 10.8. The maximum absolute atomic E-state index is 12.9. The van der Waals surface area contributed by atoms with Gasteiger partial charge >= 0.3 is 0 Å². The van der Waals surface area contributed by atoms with E-state index >= 15 is 0 Å². The molecule has 6 nitrogen and oxygen atoms in total. The molecule has 0 radical (unpaired) electrons. The highest BCUT2D eigenvalue weighted by Gasteiger charge is 2.22. The predicted molar refractivity (Wildman–Crippen MR) is 136 cm³/mol. The van der Waals surface area contributed by atoms with Crippen molar-refractivity contribution in [1.29, 1.82) is 0 Å². The van der Waals surface area contributed by atoms with Gasteiger partial charge in [0, 0.05) is 48.9 Å². The molecule has 0 aromatic heterocycles. The van der Waals surface area contributed by atoms with Gasteiger partial charge in [-0.2, -0.15) is 0 Å². The van der Waals surface area contributed by atoms with Crippen LogP contribution in [0.1, 0.15) is 67.3 Å². The third-order valence-corrected chi connectivity index (χ3v) is 5.82. The minimum Gasteiger partial charge on any atom is -0.374 e. The van der Waals surface area contributed by atoms with E-state index in [9.17, 15) is 14.4 Å². The highest BCUT2D eigenvalue weighted by Crippen LogP contribution is 2.29. The molecule has 2 aromatic rings.